The summed E-state index contributed by atoms with van der Waals surface area (Å²) < 4.78 is 0. The number of anilines is 1. The number of imide groups is 1. The predicted molar refractivity (Wildman–Crippen MR) is 73.8 cm³/mol. The number of hydrogen-bond acceptors (Lipinski definition) is 4. The van der Waals surface area contributed by atoms with Crippen molar-refractivity contribution in [1.29, 1.82) is 0 Å². The summed E-state index contributed by atoms with van der Waals surface area (Å²) in [5.74, 6) is -1.71. The van der Waals surface area contributed by atoms with Crippen LogP contribution in [0.5, 0.6) is 0 Å². The smallest absolute Gasteiger partial charge is 0.329 e. The maximum atomic E-state index is 12.3. The second kappa shape index (κ2) is 4.86. The van der Waals surface area contributed by atoms with E-state index in [2.05, 4.69) is 10.3 Å². The van der Waals surface area contributed by atoms with Crippen molar-refractivity contribution in [2.75, 3.05) is 4.90 Å². The molecule has 7 heteroatoms. The van der Waals surface area contributed by atoms with Gasteiger partial charge in [0.05, 0.1) is 17.6 Å². The molecule has 1 aliphatic heterocycles. The van der Waals surface area contributed by atoms with Crippen molar-refractivity contribution in [2.24, 2.45) is 0 Å². The predicted octanol–water partition coefficient (Wildman–Crippen LogP) is 1.13. The molecule has 3 rings (SSSR count). The third-order valence-corrected chi connectivity index (χ3v) is 3.26. The number of carboxylic acids is 1. The summed E-state index contributed by atoms with van der Waals surface area (Å²) in [4.78, 5) is 40.1. The molecule has 2 aromatic rings. The summed E-state index contributed by atoms with van der Waals surface area (Å²) in [5.41, 5.74) is 1.05. The van der Waals surface area contributed by atoms with Crippen molar-refractivity contribution in [3.63, 3.8) is 0 Å². The molecule has 0 saturated carbocycles. The van der Waals surface area contributed by atoms with Crippen LogP contribution < -0.4 is 10.2 Å². The van der Waals surface area contributed by atoms with E-state index in [-0.39, 0.29) is 0 Å². The van der Waals surface area contributed by atoms with E-state index in [4.69, 9.17) is 5.11 Å². The van der Waals surface area contributed by atoms with Crippen molar-refractivity contribution in [3.8, 4) is 0 Å². The molecule has 2 N–H and O–H groups in total. The monoisotopic (exact) mass is 285 g/mol. The van der Waals surface area contributed by atoms with Crippen molar-refractivity contribution in [3.05, 3.63) is 36.5 Å². The molecule has 106 valence electrons. The van der Waals surface area contributed by atoms with Gasteiger partial charge in [0.15, 0.2) is 0 Å². The van der Waals surface area contributed by atoms with E-state index in [0.29, 0.717) is 16.6 Å². The molecular weight excluding hydrogens is 274 g/mol. The number of fused-ring (bicyclic) bond motifs is 1. The van der Waals surface area contributed by atoms with Crippen LogP contribution in [0.15, 0.2) is 36.5 Å². The quantitative estimate of drug-likeness (QED) is 0.824. The number of aromatic nitrogens is 1. The molecule has 0 unspecified atom stereocenters. The summed E-state index contributed by atoms with van der Waals surface area (Å²) in [6.07, 6.45) is 1.18. The lowest BCUT2D eigenvalue weighted by Crippen LogP contribution is -2.32. The fourth-order valence-corrected chi connectivity index (χ4v) is 2.35. The molecule has 21 heavy (non-hydrogen) atoms. The molecule has 1 aliphatic rings. The van der Waals surface area contributed by atoms with E-state index >= 15 is 0 Å². The number of nitrogens with zero attached hydrogens (tertiary/aromatic N) is 2. The number of aliphatic carboxylic acids is 1. The highest BCUT2D eigenvalue weighted by molar-refractivity contribution is 6.24. The first-order valence-corrected chi connectivity index (χ1v) is 6.28. The average Bonchev–Trinajstić information content (AvgIpc) is 2.72. The van der Waals surface area contributed by atoms with Gasteiger partial charge in [0, 0.05) is 11.6 Å². The van der Waals surface area contributed by atoms with Gasteiger partial charge in [-0.25, -0.2) is 9.69 Å². The molecule has 0 radical (unpaired) electrons. The maximum Gasteiger partial charge on any atom is 0.329 e. The summed E-state index contributed by atoms with van der Waals surface area (Å²) >= 11 is 0. The fourth-order valence-electron chi connectivity index (χ4n) is 2.35. The molecule has 7 nitrogen and oxygen atoms in total. The van der Waals surface area contributed by atoms with Crippen molar-refractivity contribution < 1.29 is 19.5 Å². The van der Waals surface area contributed by atoms with Crippen LogP contribution in [-0.2, 0) is 9.59 Å². The number of carboxylic acid groups (broad SMARTS) is 1. The largest absolute Gasteiger partial charge is 0.481 e. The molecule has 1 aromatic carbocycles. The van der Waals surface area contributed by atoms with Crippen LogP contribution in [0.25, 0.3) is 10.9 Å². The lowest BCUT2D eigenvalue weighted by Gasteiger charge is -2.15. The van der Waals surface area contributed by atoms with E-state index < -0.39 is 30.4 Å². The lowest BCUT2D eigenvalue weighted by atomic mass is 10.1. The van der Waals surface area contributed by atoms with Gasteiger partial charge in [-0.15, -0.1) is 0 Å². The SMILES string of the molecule is O=C(O)C[C@H]1NC(=O)N(c2cccc3ncccc23)C1=O. The Morgan fingerprint density at radius 2 is 2.10 bits per heavy atom. The Bertz CT molecular complexity index is 753. The highest BCUT2D eigenvalue weighted by Crippen LogP contribution is 2.28. The topological polar surface area (TPSA) is 99.6 Å². The zero-order valence-corrected chi connectivity index (χ0v) is 10.8. The molecule has 1 aromatic heterocycles. The molecule has 2 heterocycles. The molecule has 0 aliphatic carbocycles. The number of rotatable bonds is 3. The van der Waals surface area contributed by atoms with Gasteiger partial charge in [0.2, 0.25) is 0 Å². The molecule has 0 bridgehead atoms. The Morgan fingerprint density at radius 3 is 2.86 bits per heavy atom. The van der Waals surface area contributed by atoms with Gasteiger partial charge < -0.3 is 10.4 Å². The number of urea groups is 1. The Labute approximate surface area is 119 Å². The third-order valence-electron chi connectivity index (χ3n) is 3.26. The Morgan fingerprint density at radius 1 is 1.29 bits per heavy atom. The molecular formula is C14H11N3O4. The van der Waals surface area contributed by atoms with E-state index in [1.165, 1.54) is 0 Å². The van der Waals surface area contributed by atoms with Crippen LogP contribution in [0.1, 0.15) is 6.42 Å². The van der Waals surface area contributed by atoms with Crippen LogP contribution in [-0.4, -0.2) is 34.0 Å². The highest BCUT2D eigenvalue weighted by atomic mass is 16.4. The number of benzene rings is 1. The van der Waals surface area contributed by atoms with Crippen molar-refractivity contribution in [1.82, 2.24) is 10.3 Å². The minimum Gasteiger partial charge on any atom is -0.481 e. The fraction of sp³-hybridized carbons (Fsp3) is 0.143. The van der Waals surface area contributed by atoms with E-state index in [9.17, 15) is 14.4 Å². The molecule has 1 saturated heterocycles. The van der Waals surface area contributed by atoms with Crippen LogP contribution in [0, 0.1) is 0 Å². The Kier molecular flexibility index (Phi) is 3.02. The molecule has 1 fully saturated rings. The van der Waals surface area contributed by atoms with Gasteiger partial charge in [-0.05, 0) is 24.3 Å². The summed E-state index contributed by atoms with van der Waals surface area (Å²) in [7, 11) is 0. The molecule has 1 atom stereocenters. The maximum absolute atomic E-state index is 12.3. The Balaban J connectivity index is 2.04. The number of amides is 3. The third kappa shape index (κ3) is 2.18. The number of pyridine rings is 1. The summed E-state index contributed by atoms with van der Waals surface area (Å²) in [6.45, 7) is 0. The van der Waals surface area contributed by atoms with Gasteiger partial charge in [-0.2, -0.15) is 0 Å². The summed E-state index contributed by atoms with van der Waals surface area (Å²) in [6, 6.07) is 6.89. The highest BCUT2D eigenvalue weighted by Gasteiger charge is 2.40. The second-order valence-corrected chi connectivity index (χ2v) is 4.62. The number of carbonyl (C=O) groups is 3. The van der Waals surface area contributed by atoms with Gasteiger partial charge in [-0.1, -0.05) is 6.07 Å². The van der Waals surface area contributed by atoms with E-state index in [1.54, 1.807) is 36.5 Å². The number of hydrogen-bond donors (Lipinski definition) is 2. The van der Waals surface area contributed by atoms with Crippen LogP contribution in [0.2, 0.25) is 0 Å². The van der Waals surface area contributed by atoms with Crippen molar-refractivity contribution in [2.45, 2.75) is 12.5 Å². The number of nitrogens with one attached hydrogen (secondary N) is 1. The van der Waals surface area contributed by atoms with Gasteiger partial charge >= 0.3 is 12.0 Å². The Hall–Kier alpha value is -2.96. The lowest BCUT2D eigenvalue weighted by molar-refractivity contribution is -0.139. The first-order valence-electron chi connectivity index (χ1n) is 6.28. The van der Waals surface area contributed by atoms with Crippen LogP contribution >= 0.6 is 0 Å². The summed E-state index contributed by atoms with van der Waals surface area (Å²) in [5, 5.41) is 11.8. The van der Waals surface area contributed by atoms with Gasteiger partial charge in [0.1, 0.15) is 6.04 Å². The number of carbonyl (C=O) groups excluding carboxylic acids is 2. The standard InChI is InChI=1S/C14H11N3O4/c18-12(19)7-10-13(20)17(14(21)16-10)11-5-1-4-9-8(11)3-2-6-15-9/h1-6,10H,7H2,(H,16,21)(H,18,19)/t10-/m1/s1. The first-order chi connectivity index (χ1) is 10.1. The van der Waals surface area contributed by atoms with E-state index in [0.717, 1.165) is 4.90 Å². The average molecular weight is 285 g/mol. The van der Waals surface area contributed by atoms with Gasteiger partial charge in [0.25, 0.3) is 5.91 Å². The van der Waals surface area contributed by atoms with Gasteiger partial charge in [-0.3, -0.25) is 14.6 Å². The zero-order chi connectivity index (χ0) is 15.0. The van der Waals surface area contributed by atoms with E-state index in [1.807, 2.05) is 0 Å². The second-order valence-electron chi connectivity index (χ2n) is 4.62. The zero-order valence-electron chi connectivity index (χ0n) is 10.8. The minimum atomic E-state index is -1.14. The van der Waals surface area contributed by atoms with Crippen LogP contribution in [0.3, 0.4) is 0 Å². The molecule has 0 spiro atoms. The van der Waals surface area contributed by atoms with Crippen molar-refractivity contribution >= 4 is 34.5 Å². The molecule has 3 amide bonds. The minimum absolute atomic E-state index is 0.399. The van der Waals surface area contributed by atoms with Crippen LogP contribution in [0.4, 0.5) is 10.5 Å². The normalized spacial score (nSPS) is 18.1. The first kappa shape index (κ1) is 13.0.